The first-order chi connectivity index (χ1) is 12.2. The summed E-state index contributed by atoms with van der Waals surface area (Å²) in [5.41, 5.74) is 1.94. The average Bonchev–Trinajstić information content (AvgIpc) is 3.26. The largest absolute Gasteiger partial charge is 0.375 e. The summed E-state index contributed by atoms with van der Waals surface area (Å²) in [6, 6.07) is 7.80. The number of rotatable bonds is 3. The summed E-state index contributed by atoms with van der Waals surface area (Å²) in [6.07, 6.45) is 7.37. The highest BCUT2D eigenvalue weighted by molar-refractivity contribution is 5.78. The third-order valence-corrected chi connectivity index (χ3v) is 5.34. The van der Waals surface area contributed by atoms with Crippen molar-refractivity contribution in [1.29, 1.82) is 0 Å². The molecule has 0 aliphatic carbocycles. The summed E-state index contributed by atoms with van der Waals surface area (Å²) in [7, 11) is 0. The Morgan fingerprint density at radius 2 is 1.96 bits per heavy atom. The minimum Gasteiger partial charge on any atom is -0.375 e. The normalized spacial score (nSPS) is 23.8. The van der Waals surface area contributed by atoms with Gasteiger partial charge >= 0.3 is 0 Å². The van der Waals surface area contributed by atoms with E-state index >= 15 is 0 Å². The molecular weight excluding hydrogens is 318 g/mol. The van der Waals surface area contributed by atoms with Crippen molar-refractivity contribution in [3.05, 3.63) is 36.2 Å². The summed E-state index contributed by atoms with van der Waals surface area (Å²) in [5.74, 6) is 0.199. The average molecular weight is 341 g/mol. The number of carbonyl (C=O) groups is 1. The minimum absolute atomic E-state index is 0.0442. The maximum absolute atomic E-state index is 12.7. The van der Waals surface area contributed by atoms with Gasteiger partial charge in [0.2, 0.25) is 5.91 Å². The molecule has 2 aromatic rings. The van der Waals surface area contributed by atoms with Crippen LogP contribution in [-0.4, -0.2) is 56.3 Å². The highest BCUT2D eigenvalue weighted by atomic mass is 16.5. The van der Waals surface area contributed by atoms with Gasteiger partial charge in [-0.3, -0.25) is 4.79 Å². The van der Waals surface area contributed by atoms with Gasteiger partial charge in [-0.25, -0.2) is 4.68 Å². The third kappa shape index (κ3) is 3.56. The third-order valence-electron chi connectivity index (χ3n) is 5.34. The molecule has 3 heterocycles. The Labute approximate surface area is 147 Å². The van der Waals surface area contributed by atoms with E-state index in [9.17, 15) is 4.79 Å². The molecule has 7 nitrogen and oxygen atoms in total. The summed E-state index contributed by atoms with van der Waals surface area (Å²) in [4.78, 5) is 14.7. The molecular formula is C18H23N5O2. The van der Waals surface area contributed by atoms with Crippen molar-refractivity contribution < 1.29 is 9.53 Å². The molecule has 4 rings (SSSR count). The number of amides is 1. The number of carbonyl (C=O) groups excluding carboxylic acids is 1. The van der Waals surface area contributed by atoms with Crippen LogP contribution in [0.15, 0.2) is 30.6 Å². The molecule has 1 aromatic heterocycles. The molecule has 0 saturated carbocycles. The summed E-state index contributed by atoms with van der Waals surface area (Å²) in [6.45, 7) is 2.52. The van der Waals surface area contributed by atoms with Gasteiger partial charge in [0.25, 0.3) is 0 Å². The van der Waals surface area contributed by atoms with E-state index in [2.05, 4.69) is 15.5 Å². The first-order valence-electron chi connectivity index (χ1n) is 8.98. The van der Waals surface area contributed by atoms with Crippen molar-refractivity contribution in [3.8, 4) is 5.69 Å². The molecule has 7 heteroatoms. The van der Waals surface area contributed by atoms with Gasteiger partial charge in [-0.1, -0.05) is 12.1 Å². The summed E-state index contributed by atoms with van der Waals surface area (Å²) < 4.78 is 7.60. The van der Waals surface area contributed by atoms with Crippen LogP contribution in [0.4, 0.5) is 0 Å². The molecule has 2 aliphatic rings. The number of hydrogen-bond donors (Lipinski definition) is 0. The molecule has 0 unspecified atom stereocenters. The van der Waals surface area contributed by atoms with Crippen LogP contribution in [0.3, 0.4) is 0 Å². The van der Waals surface area contributed by atoms with Crippen molar-refractivity contribution in [3.63, 3.8) is 0 Å². The molecule has 0 radical (unpaired) electrons. The van der Waals surface area contributed by atoms with Crippen LogP contribution in [0.5, 0.6) is 0 Å². The zero-order chi connectivity index (χ0) is 17.1. The van der Waals surface area contributed by atoms with Crippen LogP contribution in [0.2, 0.25) is 0 Å². The quantitative estimate of drug-likeness (QED) is 0.851. The Kier molecular flexibility index (Phi) is 4.48. The van der Waals surface area contributed by atoms with E-state index in [0.29, 0.717) is 6.42 Å². The number of nitrogens with zero attached hydrogens (tertiary/aromatic N) is 5. The van der Waals surface area contributed by atoms with E-state index in [1.54, 1.807) is 11.0 Å². The van der Waals surface area contributed by atoms with Gasteiger partial charge in [0.1, 0.15) is 6.33 Å². The second-order valence-electron chi connectivity index (χ2n) is 6.97. The Balaban J connectivity index is 1.36. The van der Waals surface area contributed by atoms with Crippen molar-refractivity contribution in [2.75, 3.05) is 19.7 Å². The molecule has 1 amide bonds. The molecule has 2 aliphatic heterocycles. The second kappa shape index (κ2) is 6.92. The molecule has 0 bridgehead atoms. The lowest BCUT2D eigenvalue weighted by Crippen LogP contribution is -2.35. The zero-order valence-corrected chi connectivity index (χ0v) is 14.3. The fourth-order valence-electron chi connectivity index (χ4n) is 3.90. The van der Waals surface area contributed by atoms with E-state index in [0.717, 1.165) is 63.1 Å². The lowest BCUT2D eigenvalue weighted by atomic mass is 9.92. The highest BCUT2D eigenvalue weighted by Crippen LogP contribution is 2.35. The molecule has 1 aromatic carbocycles. The molecule has 132 valence electrons. The SMILES string of the molecule is O=C(Cc1ccc(-n2cnnn2)cc1)N1CCC[C@]2(CCCO2)CC1. The molecule has 25 heavy (non-hydrogen) atoms. The van der Waals surface area contributed by atoms with Gasteiger partial charge < -0.3 is 9.64 Å². The Morgan fingerprint density at radius 3 is 2.68 bits per heavy atom. The van der Waals surface area contributed by atoms with E-state index in [1.807, 2.05) is 29.2 Å². The fourth-order valence-corrected chi connectivity index (χ4v) is 3.90. The van der Waals surface area contributed by atoms with Gasteiger partial charge in [-0.05, 0) is 60.2 Å². The number of aromatic nitrogens is 4. The molecule has 2 fully saturated rings. The number of benzene rings is 1. The van der Waals surface area contributed by atoms with Crippen molar-refractivity contribution in [2.24, 2.45) is 0 Å². The van der Waals surface area contributed by atoms with Crippen LogP contribution >= 0.6 is 0 Å². The van der Waals surface area contributed by atoms with Crippen LogP contribution in [0.1, 0.15) is 37.7 Å². The standard InChI is InChI=1S/C18H23N5O2/c24-17(22-10-1-7-18(9-11-22)8-2-12-25-18)13-15-3-5-16(6-4-15)23-14-19-20-21-23/h3-6,14H,1-2,7-13H2/t18-/m0/s1. The maximum atomic E-state index is 12.7. The monoisotopic (exact) mass is 341 g/mol. The Bertz CT molecular complexity index is 708. The van der Waals surface area contributed by atoms with E-state index in [-0.39, 0.29) is 11.5 Å². The fraction of sp³-hybridized carbons (Fsp3) is 0.556. The summed E-state index contributed by atoms with van der Waals surface area (Å²) >= 11 is 0. The lowest BCUT2D eigenvalue weighted by Gasteiger charge is -2.27. The maximum Gasteiger partial charge on any atom is 0.226 e. The number of ether oxygens (including phenoxy) is 1. The van der Waals surface area contributed by atoms with E-state index in [1.165, 1.54) is 0 Å². The van der Waals surface area contributed by atoms with Crippen LogP contribution in [0, 0.1) is 0 Å². The van der Waals surface area contributed by atoms with E-state index in [4.69, 9.17) is 4.74 Å². The van der Waals surface area contributed by atoms with Gasteiger partial charge in [0.05, 0.1) is 17.7 Å². The molecule has 2 saturated heterocycles. The minimum atomic E-state index is 0.0442. The topological polar surface area (TPSA) is 73.1 Å². The number of likely N-dealkylation sites (tertiary alicyclic amines) is 1. The highest BCUT2D eigenvalue weighted by Gasteiger charge is 2.37. The van der Waals surface area contributed by atoms with Crippen LogP contribution in [0.25, 0.3) is 5.69 Å². The van der Waals surface area contributed by atoms with Crippen molar-refractivity contribution in [2.45, 2.75) is 44.1 Å². The van der Waals surface area contributed by atoms with Gasteiger partial charge in [-0.15, -0.1) is 5.10 Å². The Morgan fingerprint density at radius 1 is 1.12 bits per heavy atom. The summed E-state index contributed by atoms with van der Waals surface area (Å²) in [5, 5.41) is 11.1. The molecule has 1 atom stereocenters. The van der Waals surface area contributed by atoms with Crippen molar-refractivity contribution in [1.82, 2.24) is 25.1 Å². The predicted molar refractivity (Wildman–Crippen MR) is 91.2 cm³/mol. The predicted octanol–water partition coefficient (Wildman–Crippen LogP) is 1.77. The molecule has 1 spiro atoms. The van der Waals surface area contributed by atoms with Crippen LogP contribution < -0.4 is 0 Å². The van der Waals surface area contributed by atoms with Gasteiger partial charge in [-0.2, -0.15) is 0 Å². The number of tetrazole rings is 1. The second-order valence-corrected chi connectivity index (χ2v) is 6.97. The van der Waals surface area contributed by atoms with E-state index < -0.39 is 0 Å². The molecule has 0 N–H and O–H groups in total. The van der Waals surface area contributed by atoms with Crippen LogP contribution in [-0.2, 0) is 16.0 Å². The first-order valence-corrected chi connectivity index (χ1v) is 8.98. The zero-order valence-electron chi connectivity index (χ0n) is 14.3. The lowest BCUT2D eigenvalue weighted by molar-refractivity contribution is -0.130. The van der Waals surface area contributed by atoms with Gasteiger partial charge in [0.15, 0.2) is 0 Å². The smallest absolute Gasteiger partial charge is 0.226 e. The van der Waals surface area contributed by atoms with Gasteiger partial charge in [0, 0.05) is 19.7 Å². The number of hydrogen-bond acceptors (Lipinski definition) is 5. The van der Waals surface area contributed by atoms with Crippen molar-refractivity contribution >= 4 is 5.91 Å². The first kappa shape index (κ1) is 16.2. The Hall–Kier alpha value is -2.28.